The summed E-state index contributed by atoms with van der Waals surface area (Å²) in [6.07, 6.45) is 1.04. The maximum Gasteiger partial charge on any atom is 0.257 e. The van der Waals surface area contributed by atoms with E-state index in [0.29, 0.717) is 5.69 Å². The van der Waals surface area contributed by atoms with E-state index in [1.54, 1.807) is 0 Å². The van der Waals surface area contributed by atoms with Crippen LogP contribution in [0.1, 0.15) is 21.5 Å². The molecule has 2 rings (SSSR count). The Bertz CT molecular complexity index is 843. The predicted octanol–water partition coefficient (Wildman–Crippen LogP) is 3.58. The fourth-order valence-electron chi connectivity index (χ4n) is 2.17. The summed E-state index contributed by atoms with van der Waals surface area (Å²) in [5.74, 6) is -0.349. The lowest BCUT2D eigenvalue weighted by Crippen LogP contribution is -2.15. The monoisotopic (exact) mass is 352 g/mol. The van der Waals surface area contributed by atoms with Gasteiger partial charge in [-0.3, -0.25) is 9.52 Å². The minimum Gasteiger partial charge on any atom is -0.321 e. The van der Waals surface area contributed by atoms with Crippen molar-refractivity contribution in [2.45, 2.75) is 13.8 Å². The molecule has 0 aliphatic heterocycles. The van der Waals surface area contributed by atoms with Gasteiger partial charge in [0.1, 0.15) is 0 Å². The number of sulfonamides is 1. The Morgan fingerprint density at radius 3 is 2.22 bits per heavy atom. The smallest absolute Gasteiger partial charge is 0.257 e. The van der Waals surface area contributed by atoms with Crippen LogP contribution in [-0.4, -0.2) is 20.6 Å². The van der Waals surface area contributed by atoms with E-state index >= 15 is 0 Å². The number of hydrogen-bond donors (Lipinski definition) is 2. The number of carbonyl (C=O) groups excluding carboxylic acids is 1. The molecule has 0 saturated heterocycles. The molecule has 0 aliphatic carbocycles. The van der Waals surface area contributed by atoms with Crippen LogP contribution in [0.3, 0.4) is 0 Å². The molecule has 23 heavy (non-hydrogen) atoms. The van der Waals surface area contributed by atoms with Crippen LogP contribution in [0.25, 0.3) is 0 Å². The highest BCUT2D eigenvalue weighted by molar-refractivity contribution is 7.92. The molecule has 0 unspecified atom stereocenters. The van der Waals surface area contributed by atoms with Gasteiger partial charge in [-0.25, -0.2) is 8.42 Å². The number of nitrogens with one attached hydrogen (secondary N) is 2. The lowest BCUT2D eigenvalue weighted by atomic mass is 10.1. The molecular weight excluding hydrogens is 336 g/mol. The molecule has 1 amide bonds. The van der Waals surface area contributed by atoms with Gasteiger partial charge in [-0.15, -0.1) is 0 Å². The van der Waals surface area contributed by atoms with Gasteiger partial charge < -0.3 is 5.32 Å². The van der Waals surface area contributed by atoms with E-state index in [-0.39, 0.29) is 16.5 Å². The Kier molecular flexibility index (Phi) is 4.97. The third-order valence-corrected chi connectivity index (χ3v) is 4.16. The standard InChI is InChI=1S/C16H17ClN2O3S/c1-10-5-4-6-11(2)15(10)18-16(20)13-8-7-12(9-14(13)17)19-23(3,21)22/h4-9,19H,1-3H3,(H,18,20). The number of benzene rings is 2. The Morgan fingerprint density at radius 1 is 1.09 bits per heavy atom. The van der Waals surface area contributed by atoms with Crippen molar-refractivity contribution in [3.63, 3.8) is 0 Å². The Morgan fingerprint density at radius 2 is 1.70 bits per heavy atom. The fourth-order valence-corrected chi connectivity index (χ4v) is 2.99. The zero-order chi connectivity index (χ0) is 17.2. The minimum absolute atomic E-state index is 0.169. The molecule has 5 nitrogen and oxygen atoms in total. The number of halogens is 1. The predicted molar refractivity (Wildman–Crippen MR) is 93.8 cm³/mol. The first kappa shape index (κ1) is 17.3. The average Bonchev–Trinajstić information content (AvgIpc) is 2.41. The quantitative estimate of drug-likeness (QED) is 0.883. The van der Waals surface area contributed by atoms with Crippen LogP contribution in [0.15, 0.2) is 36.4 Å². The average molecular weight is 353 g/mol. The summed E-state index contributed by atoms with van der Waals surface area (Å²) in [4.78, 5) is 12.4. The summed E-state index contributed by atoms with van der Waals surface area (Å²) in [5, 5.41) is 3.01. The van der Waals surface area contributed by atoms with Crippen molar-refractivity contribution in [2.75, 3.05) is 16.3 Å². The second-order valence-corrected chi connectivity index (χ2v) is 7.45. The Balaban J connectivity index is 2.27. The third-order valence-electron chi connectivity index (χ3n) is 3.24. The molecule has 0 bridgehead atoms. The van der Waals surface area contributed by atoms with Gasteiger partial charge in [-0.05, 0) is 43.2 Å². The van der Waals surface area contributed by atoms with E-state index < -0.39 is 10.0 Å². The summed E-state index contributed by atoms with van der Waals surface area (Å²) in [7, 11) is -3.40. The molecule has 0 heterocycles. The second kappa shape index (κ2) is 6.60. The Labute approximate surface area is 140 Å². The fraction of sp³-hybridized carbons (Fsp3) is 0.188. The lowest BCUT2D eigenvalue weighted by Gasteiger charge is -2.13. The normalized spacial score (nSPS) is 11.1. The summed E-state index contributed by atoms with van der Waals surface area (Å²) in [5.41, 5.74) is 3.22. The number of rotatable bonds is 4. The molecule has 0 atom stereocenters. The van der Waals surface area contributed by atoms with E-state index in [1.807, 2.05) is 32.0 Å². The molecular formula is C16H17ClN2O3S. The first-order valence-electron chi connectivity index (χ1n) is 6.82. The van der Waals surface area contributed by atoms with Crippen molar-refractivity contribution >= 4 is 38.9 Å². The zero-order valence-electron chi connectivity index (χ0n) is 13.0. The van der Waals surface area contributed by atoms with Gasteiger partial charge in [0.2, 0.25) is 10.0 Å². The molecule has 0 spiro atoms. The molecule has 0 aliphatic rings. The van der Waals surface area contributed by atoms with Gasteiger partial charge in [-0.2, -0.15) is 0 Å². The third kappa shape index (κ3) is 4.46. The largest absolute Gasteiger partial charge is 0.321 e. The number of amides is 1. The van der Waals surface area contributed by atoms with Crippen LogP contribution in [-0.2, 0) is 10.0 Å². The van der Waals surface area contributed by atoms with Crippen molar-refractivity contribution in [1.29, 1.82) is 0 Å². The first-order chi connectivity index (χ1) is 10.7. The number of para-hydroxylation sites is 1. The minimum atomic E-state index is -3.40. The van der Waals surface area contributed by atoms with E-state index in [9.17, 15) is 13.2 Å². The van der Waals surface area contributed by atoms with E-state index in [2.05, 4.69) is 10.0 Å². The van der Waals surface area contributed by atoms with Crippen LogP contribution in [0.4, 0.5) is 11.4 Å². The van der Waals surface area contributed by atoms with Crippen LogP contribution >= 0.6 is 11.6 Å². The highest BCUT2D eigenvalue weighted by Gasteiger charge is 2.14. The van der Waals surface area contributed by atoms with E-state index in [4.69, 9.17) is 11.6 Å². The Hall–Kier alpha value is -2.05. The lowest BCUT2D eigenvalue weighted by molar-refractivity contribution is 0.102. The SMILES string of the molecule is Cc1cccc(C)c1NC(=O)c1ccc(NS(C)(=O)=O)cc1Cl. The molecule has 2 aromatic carbocycles. The molecule has 0 fully saturated rings. The summed E-state index contributed by atoms with van der Waals surface area (Å²) < 4.78 is 24.7. The van der Waals surface area contributed by atoms with Gasteiger partial charge in [0.05, 0.1) is 16.8 Å². The highest BCUT2D eigenvalue weighted by atomic mass is 35.5. The van der Waals surface area contributed by atoms with Crippen molar-refractivity contribution in [3.05, 3.63) is 58.1 Å². The molecule has 0 aromatic heterocycles. The van der Waals surface area contributed by atoms with Crippen LogP contribution in [0, 0.1) is 13.8 Å². The van der Waals surface area contributed by atoms with Gasteiger partial charge in [-0.1, -0.05) is 29.8 Å². The van der Waals surface area contributed by atoms with Crippen molar-refractivity contribution in [3.8, 4) is 0 Å². The zero-order valence-corrected chi connectivity index (χ0v) is 14.5. The highest BCUT2D eigenvalue weighted by Crippen LogP contribution is 2.25. The second-order valence-electron chi connectivity index (χ2n) is 5.29. The summed E-state index contributed by atoms with van der Waals surface area (Å²) in [6, 6.07) is 10.1. The van der Waals surface area contributed by atoms with Crippen molar-refractivity contribution < 1.29 is 13.2 Å². The van der Waals surface area contributed by atoms with Gasteiger partial charge in [0, 0.05) is 11.4 Å². The summed E-state index contributed by atoms with van der Waals surface area (Å²) in [6.45, 7) is 3.81. The molecule has 0 saturated carbocycles. The molecule has 7 heteroatoms. The molecule has 122 valence electrons. The maximum atomic E-state index is 12.4. The summed E-state index contributed by atoms with van der Waals surface area (Å²) >= 11 is 6.10. The van der Waals surface area contributed by atoms with E-state index in [0.717, 1.165) is 23.1 Å². The van der Waals surface area contributed by atoms with Gasteiger partial charge in [0.15, 0.2) is 0 Å². The molecule has 2 aromatic rings. The first-order valence-corrected chi connectivity index (χ1v) is 9.09. The topological polar surface area (TPSA) is 75.3 Å². The number of hydrogen-bond acceptors (Lipinski definition) is 3. The number of aryl methyl sites for hydroxylation is 2. The number of anilines is 2. The van der Waals surface area contributed by atoms with Crippen LogP contribution < -0.4 is 10.0 Å². The van der Waals surface area contributed by atoms with E-state index in [1.165, 1.54) is 18.2 Å². The maximum absolute atomic E-state index is 12.4. The van der Waals surface area contributed by atoms with Crippen molar-refractivity contribution in [2.24, 2.45) is 0 Å². The van der Waals surface area contributed by atoms with Crippen molar-refractivity contribution in [1.82, 2.24) is 0 Å². The van der Waals surface area contributed by atoms with Crippen LogP contribution in [0.2, 0.25) is 5.02 Å². The number of carbonyl (C=O) groups is 1. The molecule has 0 radical (unpaired) electrons. The molecule has 2 N–H and O–H groups in total. The van der Waals surface area contributed by atoms with Crippen LogP contribution in [0.5, 0.6) is 0 Å². The van der Waals surface area contributed by atoms with Gasteiger partial charge in [0.25, 0.3) is 5.91 Å². The van der Waals surface area contributed by atoms with Gasteiger partial charge >= 0.3 is 0 Å².